The highest BCUT2D eigenvalue weighted by Crippen LogP contribution is 2.31. The van der Waals surface area contributed by atoms with Crippen molar-refractivity contribution in [3.8, 4) is 5.75 Å². The first kappa shape index (κ1) is 17.7. The third-order valence-corrected chi connectivity index (χ3v) is 5.20. The van der Waals surface area contributed by atoms with Crippen LogP contribution in [-0.2, 0) is 9.53 Å². The van der Waals surface area contributed by atoms with Crippen LogP contribution >= 0.6 is 15.9 Å². The van der Waals surface area contributed by atoms with Gasteiger partial charge in [-0.2, -0.15) is 0 Å². The molecule has 0 aromatic heterocycles. The van der Waals surface area contributed by atoms with Gasteiger partial charge in [-0.05, 0) is 68.7 Å². The molecule has 1 atom stereocenters. The molecule has 1 saturated heterocycles. The molecule has 1 unspecified atom stereocenters. The third-order valence-electron chi connectivity index (χ3n) is 4.74. The van der Waals surface area contributed by atoms with Crippen LogP contribution in [0.25, 0.3) is 0 Å². The standard InChI is InChI=1S/C19H26BrNO3/c1-13-8-16(20)9-14(2)19(13)24-12-18(22)21(10-15-5-6-15)11-17-4-3-7-23-17/h8-9,15,17H,3-7,10-12H2,1-2H3. The predicted octanol–water partition coefficient (Wildman–Crippen LogP) is 3.86. The molecule has 1 aliphatic heterocycles. The van der Waals surface area contributed by atoms with Crippen molar-refractivity contribution in [2.24, 2.45) is 5.92 Å². The van der Waals surface area contributed by atoms with E-state index in [0.717, 1.165) is 47.3 Å². The number of halogens is 1. The molecule has 0 spiro atoms. The molecule has 4 nitrogen and oxygen atoms in total. The van der Waals surface area contributed by atoms with E-state index in [2.05, 4.69) is 15.9 Å². The summed E-state index contributed by atoms with van der Waals surface area (Å²) in [6.45, 7) is 6.49. The van der Waals surface area contributed by atoms with Crippen molar-refractivity contribution in [2.45, 2.75) is 45.6 Å². The number of benzene rings is 1. The number of aryl methyl sites for hydroxylation is 2. The Kier molecular flexibility index (Phi) is 5.82. The molecule has 132 valence electrons. The summed E-state index contributed by atoms with van der Waals surface area (Å²) in [6, 6.07) is 4.03. The highest BCUT2D eigenvalue weighted by Gasteiger charge is 2.29. The Bertz CT molecular complexity index is 571. The minimum Gasteiger partial charge on any atom is -0.483 e. The van der Waals surface area contributed by atoms with Gasteiger partial charge in [0.1, 0.15) is 5.75 Å². The van der Waals surface area contributed by atoms with Crippen molar-refractivity contribution in [3.63, 3.8) is 0 Å². The summed E-state index contributed by atoms with van der Waals surface area (Å²) in [5.41, 5.74) is 2.09. The zero-order valence-electron chi connectivity index (χ0n) is 14.5. The van der Waals surface area contributed by atoms with Crippen LogP contribution in [0, 0.1) is 19.8 Å². The lowest BCUT2D eigenvalue weighted by Crippen LogP contribution is -2.41. The average molecular weight is 396 g/mol. The Morgan fingerprint density at radius 3 is 2.54 bits per heavy atom. The van der Waals surface area contributed by atoms with E-state index in [9.17, 15) is 4.79 Å². The molecule has 5 heteroatoms. The summed E-state index contributed by atoms with van der Waals surface area (Å²) in [5, 5.41) is 0. The Hall–Kier alpha value is -1.07. The molecule has 1 saturated carbocycles. The number of rotatable bonds is 7. The number of ether oxygens (including phenoxy) is 2. The van der Waals surface area contributed by atoms with E-state index < -0.39 is 0 Å². The van der Waals surface area contributed by atoms with Crippen LogP contribution in [-0.4, -0.2) is 43.2 Å². The predicted molar refractivity (Wildman–Crippen MR) is 97.4 cm³/mol. The summed E-state index contributed by atoms with van der Waals surface area (Å²) in [4.78, 5) is 14.6. The molecule has 1 aliphatic carbocycles. The van der Waals surface area contributed by atoms with Crippen LogP contribution in [0.4, 0.5) is 0 Å². The maximum atomic E-state index is 12.7. The van der Waals surface area contributed by atoms with Gasteiger partial charge in [0.05, 0.1) is 6.10 Å². The summed E-state index contributed by atoms with van der Waals surface area (Å²) in [5.74, 6) is 1.56. The molecule has 1 aromatic rings. The van der Waals surface area contributed by atoms with Gasteiger partial charge in [0.2, 0.25) is 0 Å². The van der Waals surface area contributed by atoms with Crippen LogP contribution in [0.1, 0.15) is 36.8 Å². The van der Waals surface area contributed by atoms with Crippen LogP contribution in [0.5, 0.6) is 5.75 Å². The van der Waals surface area contributed by atoms with E-state index in [1.165, 1.54) is 12.8 Å². The van der Waals surface area contributed by atoms with E-state index in [1.807, 2.05) is 30.9 Å². The lowest BCUT2D eigenvalue weighted by atomic mass is 10.1. The zero-order chi connectivity index (χ0) is 17.1. The molecular weight excluding hydrogens is 370 g/mol. The van der Waals surface area contributed by atoms with Gasteiger partial charge in [-0.3, -0.25) is 4.79 Å². The summed E-state index contributed by atoms with van der Waals surface area (Å²) >= 11 is 3.49. The van der Waals surface area contributed by atoms with Gasteiger partial charge in [0.15, 0.2) is 6.61 Å². The normalized spacial score (nSPS) is 20.2. The number of carbonyl (C=O) groups excluding carboxylic acids is 1. The molecule has 24 heavy (non-hydrogen) atoms. The minimum absolute atomic E-state index is 0.0686. The SMILES string of the molecule is Cc1cc(Br)cc(C)c1OCC(=O)N(CC1CC1)CC1CCCO1. The molecule has 1 amide bonds. The number of hydrogen-bond acceptors (Lipinski definition) is 3. The van der Waals surface area contributed by atoms with E-state index in [1.54, 1.807) is 0 Å². The fourth-order valence-electron chi connectivity index (χ4n) is 3.27. The van der Waals surface area contributed by atoms with Crippen molar-refractivity contribution < 1.29 is 14.3 Å². The first-order valence-electron chi connectivity index (χ1n) is 8.82. The Labute approximate surface area is 152 Å². The second-order valence-corrected chi connectivity index (χ2v) is 7.95. The summed E-state index contributed by atoms with van der Waals surface area (Å²) in [7, 11) is 0. The third kappa shape index (κ3) is 4.73. The second kappa shape index (κ2) is 7.87. The molecule has 1 aromatic carbocycles. The van der Waals surface area contributed by atoms with E-state index >= 15 is 0 Å². The minimum atomic E-state index is 0.0686. The number of amides is 1. The lowest BCUT2D eigenvalue weighted by Gasteiger charge is -2.26. The molecule has 1 heterocycles. The molecule has 0 bridgehead atoms. The van der Waals surface area contributed by atoms with Gasteiger partial charge in [-0.15, -0.1) is 0 Å². The maximum Gasteiger partial charge on any atom is 0.260 e. The lowest BCUT2D eigenvalue weighted by molar-refractivity contribution is -0.135. The molecule has 0 radical (unpaired) electrons. The summed E-state index contributed by atoms with van der Waals surface area (Å²) in [6.07, 6.45) is 4.83. The van der Waals surface area contributed by atoms with Gasteiger partial charge in [-0.25, -0.2) is 0 Å². The van der Waals surface area contributed by atoms with E-state index in [-0.39, 0.29) is 18.6 Å². The second-order valence-electron chi connectivity index (χ2n) is 7.03. The first-order valence-corrected chi connectivity index (χ1v) is 9.61. The Morgan fingerprint density at radius 2 is 1.96 bits per heavy atom. The highest BCUT2D eigenvalue weighted by atomic mass is 79.9. The van der Waals surface area contributed by atoms with Gasteiger partial charge < -0.3 is 14.4 Å². The van der Waals surface area contributed by atoms with Crippen LogP contribution in [0.3, 0.4) is 0 Å². The topological polar surface area (TPSA) is 38.8 Å². The Balaban J connectivity index is 1.60. The summed E-state index contributed by atoms with van der Waals surface area (Å²) < 4.78 is 12.6. The molecule has 2 fully saturated rings. The van der Waals surface area contributed by atoms with Crippen LogP contribution < -0.4 is 4.74 Å². The molecule has 0 N–H and O–H groups in total. The maximum absolute atomic E-state index is 12.7. The van der Waals surface area contributed by atoms with Crippen molar-refractivity contribution >= 4 is 21.8 Å². The van der Waals surface area contributed by atoms with Gasteiger partial charge >= 0.3 is 0 Å². The van der Waals surface area contributed by atoms with E-state index in [0.29, 0.717) is 12.5 Å². The van der Waals surface area contributed by atoms with Crippen LogP contribution in [0.15, 0.2) is 16.6 Å². The fourth-order valence-corrected chi connectivity index (χ4v) is 3.96. The van der Waals surface area contributed by atoms with Gasteiger partial charge in [0.25, 0.3) is 5.91 Å². The van der Waals surface area contributed by atoms with E-state index in [4.69, 9.17) is 9.47 Å². The number of carbonyl (C=O) groups is 1. The molecule has 3 rings (SSSR count). The first-order chi connectivity index (χ1) is 11.5. The average Bonchev–Trinajstić information content (AvgIpc) is 3.18. The quantitative estimate of drug-likeness (QED) is 0.703. The molecular formula is C19H26BrNO3. The van der Waals surface area contributed by atoms with Crippen molar-refractivity contribution in [1.82, 2.24) is 4.90 Å². The largest absolute Gasteiger partial charge is 0.483 e. The van der Waals surface area contributed by atoms with Crippen molar-refractivity contribution in [3.05, 3.63) is 27.7 Å². The Morgan fingerprint density at radius 1 is 1.25 bits per heavy atom. The number of nitrogens with zero attached hydrogens (tertiary/aromatic N) is 1. The highest BCUT2D eigenvalue weighted by molar-refractivity contribution is 9.10. The number of hydrogen-bond donors (Lipinski definition) is 0. The van der Waals surface area contributed by atoms with Crippen LogP contribution in [0.2, 0.25) is 0 Å². The van der Waals surface area contributed by atoms with Gasteiger partial charge in [-0.1, -0.05) is 15.9 Å². The monoisotopic (exact) mass is 395 g/mol. The zero-order valence-corrected chi connectivity index (χ0v) is 16.1. The van der Waals surface area contributed by atoms with Crippen molar-refractivity contribution in [2.75, 3.05) is 26.3 Å². The molecule has 2 aliphatic rings. The van der Waals surface area contributed by atoms with Crippen molar-refractivity contribution in [1.29, 1.82) is 0 Å². The smallest absolute Gasteiger partial charge is 0.260 e. The van der Waals surface area contributed by atoms with Gasteiger partial charge in [0, 0.05) is 24.2 Å². The fraction of sp³-hybridized carbons (Fsp3) is 0.632.